The van der Waals surface area contributed by atoms with Crippen LogP contribution in [0.4, 0.5) is 5.69 Å². The van der Waals surface area contributed by atoms with E-state index in [1.165, 1.54) is 12.1 Å². The van der Waals surface area contributed by atoms with E-state index in [2.05, 4.69) is 10.9 Å². The number of anilines is 1. The van der Waals surface area contributed by atoms with Gasteiger partial charge >= 0.3 is 0 Å². The molecule has 0 heterocycles. The zero-order chi connectivity index (χ0) is 12.0. The normalized spacial score (nSPS) is 11.4. The first-order chi connectivity index (χ1) is 7.60. The molecule has 3 N–H and O–H groups in total. The second-order valence-electron chi connectivity index (χ2n) is 3.23. The number of aliphatic hydroxyl groups is 1. The largest absolute Gasteiger partial charge is 0.395 e. The van der Waals surface area contributed by atoms with Gasteiger partial charge in [-0.15, -0.1) is 0 Å². The Hall–Kier alpha value is -1.11. The van der Waals surface area contributed by atoms with Crippen molar-refractivity contribution in [1.29, 1.82) is 0 Å². The summed E-state index contributed by atoms with van der Waals surface area (Å²) in [6, 6.07) is 6.47. The highest BCUT2D eigenvalue weighted by molar-refractivity contribution is 7.91. The predicted octanol–water partition coefficient (Wildman–Crippen LogP) is 0.389. The molecule has 0 spiro atoms. The molecular weight excluding hydrogens is 228 g/mol. The summed E-state index contributed by atoms with van der Waals surface area (Å²) in [7, 11) is -3.38. The monoisotopic (exact) mass is 244 g/mol. The molecule has 0 aliphatic rings. The minimum absolute atomic E-state index is 0.212. The third kappa shape index (κ3) is 3.48. The average Bonchev–Trinajstić information content (AvgIpc) is 2.27. The van der Waals surface area contributed by atoms with Crippen LogP contribution in [0.2, 0.25) is 0 Å². The van der Waals surface area contributed by atoms with E-state index in [0.29, 0.717) is 5.69 Å². The number of hydrazine groups is 1. The number of hydrogen-bond acceptors (Lipinski definition) is 5. The van der Waals surface area contributed by atoms with Gasteiger partial charge in [0.15, 0.2) is 9.84 Å². The molecule has 1 aromatic carbocycles. The minimum Gasteiger partial charge on any atom is -0.395 e. The lowest BCUT2D eigenvalue weighted by molar-refractivity contribution is 0.319. The van der Waals surface area contributed by atoms with E-state index in [0.717, 1.165) is 6.54 Å². The zero-order valence-electron chi connectivity index (χ0n) is 9.10. The van der Waals surface area contributed by atoms with Crippen LogP contribution in [-0.4, -0.2) is 32.4 Å². The first-order valence-electron chi connectivity index (χ1n) is 5.02. The van der Waals surface area contributed by atoms with Crippen molar-refractivity contribution in [2.24, 2.45) is 0 Å². The van der Waals surface area contributed by atoms with Crippen LogP contribution in [0.15, 0.2) is 29.2 Å². The van der Waals surface area contributed by atoms with Crippen LogP contribution >= 0.6 is 0 Å². The van der Waals surface area contributed by atoms with E-state index in [-0.39, 0.29) is 17.3 Å². The minimum atomic E-state index is -3.38. The molecule has 1 rings (SSSR count). The molecule has 5 nitrogen and oxygen atoms in total. The Kier molecular flexibility index (Phi) is 4.72. The number of aliphatic hydroxyl groups excluding tert-OH is 1. The first-order valence-corrected chi connectivity index (χ1v) is 6.68. The first kappa shape index (κ1) is 13.0. The molecule has 1 aromatic rings. The van der Waals surface area contributed by atoms with Crippen LogP contribution in [0.1, 0.15) is 6.92 Å². The SMILES string of the molecule is CCNNc1cccc(S(=O)(=O)CCO)c1. The smallest absolute Gasteiger partial charge is 0.180 e. The number of sulfone groups is 1. The van der Waals surface area contributed by atoms with E-state index < -0.39 is 9.84 Å². The lowest BCUT2D eigenvalue weighted by Gasteiger charge is -2.08. The molecule has 16 heavy (non-hydrogen) atoms. The molecule has 90 valence electrons. The van der Waals surface area contributed by atoms with Crippen molar-refractivity contribution < 1.29 is 13.5 Å². The lowest BCUT2D eigenvalue weighted by atomic mass is 10.3. The van der Waals surface area contributed by atoms with Crippen molar-refractivity contribution in [2.45, 2.75) is 11.8 Å². The lowest BCUT2D eigenvalue weighted by Crippen LogP contribution is -2.20. The Bertz CT molecular complexity index is 431. The van der Waals surface area contributed by atoms with E-state index in [9.17, 15) is 8.42 Å². The van der Waals surface area contributed by atoms with E-state index in [1.54, 1.807) is 12.1 Å². The Morgan fingerprint density at radius 2 is 2.12 bits per heavy atom. The van der Waals surface area contributed by atoms with Gasteiger partial charge in [0.1, 0.15) is 0 Å². The molecule has 6 heteroatoms. The fourth-order valence-corrected chi connectivity index (χ4v) is 2.26. The van der Waals surface area contributed by atoms with Gasteiger partial charge in [0.2, 0.25) is 0 Å². The molecule has 0 aliphatic carbocycles. The Morgan fingerprint density at radius 3 is 2.75 bits per heavy atom. The molecule has 0 atom stereocenters. The summed E-state index contributed by atoms with van der Waals surface area (Å²) in [4.78, 5) is 0.212. The highest BCUT2D eigenvalue weighted by Crippen LogP contribution is 2.15. The third-order valence-electron chi connectivity index (χ3n) is 1.96. The summed E-state index contributed by atoms with van der Waals surface area (Å²) in [6.07, 6.45) is 0. The Morgan fingerprint density at radius 1 is 1.38 bits per heavy atom. The molecule has 0 aliphatic heterocycles. The fraction of sp³-hybridized carbons (Fsp3) is 0.400. The second kappa shape index (κ2) is 5.83. The van der Waals surface area contributed by atoms with Crippen LogP contribution in [-0.2, 0) is 9.84 Å². The molecule has 0 bridgehead atoms. The van der Waals surface area contributed by atoms with Gasteiger partial charge in [-0.3, -0.25) is 0 Å². The van der Waals surface area contributed by atoms with Crippen LogP contribution < -0.4 is 10.9 Å². The third-order valence-corrected chi connectivity index (χ3v) is 3.65. The molecule has 0 unspecified atom stereocenters. The molecule has 0 amide bonds. The van der Waals surface area contributed by atoms with Gasteiger partial charge in [0.05, 0.1) is 22.9 Å². The van der Waals surface area contributed by atoms with Crippen molar-refractivity contribution >= 4 is 15.5 Å². The van der Waals surface area contributed by atoms with Crippen LogP contribution in [0.5, 0.6) is 0 Å². The topological polar surface area (TPSA) is 78.4 Å². The summed E-state index contributed by atoms with van der Waals surface area (Å²) >= 11 is 0. The molecular formula is C10H16N2O3S. The number of rotatable bonds is 6. The molecule has 0 fully saturated rings. The van der Waals surface area contributed by atoms with Gasteiger partial charge in [-0.1, -0.05) is 13.0 Å². The van der Waals surface area contributed by atoms with Crippen molar-refractivity contribution in [3.8, 4) is 0 Å². The quantitative estimate of drug-likeness (QED) is 0.631. The summed E-state index contributed by atoms with van der Waals surface area (Å²) in [5, 5.41) is 8.67. The molecule has 0 saturated carbocycles. The van der Waals surface area contributed by atoms with Crippen LogP contribution in [0, 0.1) is 0 Å². The van der Waals surface area contributed by atoms with Crippen molar-refractivity contribution in [1.82, 2.24) is 5.43 Å². The predicted molar refractivity (Wildman–Crippen MR) is 62.9 cm³/mol. The Labute approximate surface area is 95.4 Å². The standard InChI is InChI=1S/C10H16N2O3S/c1-2-11-12-9-4-3-5-10(8-9)16(14,15)7-6-13/h3-5,8,11-13H,2,6-7H2,1H3. The van der Waals surface area contributed by atoms with E-state index >= 15 is 0 Å². The maximum absolute atomic E-state index is 11.7. The van der Waals surface area contributed by atoms with Gasteiger partial charge in [-0.05, 0) is 18.2 Å². The maximum Gasteiger partial charge on any atom is 0.180 e. The highest BCUT2D eigenvalue weighted by atomic mass is 32.2. The fourth-order valence-electron chi connectivity index (χ4n) is 1.20. The van der Waals surface area contributed by atoms with E-state index in [1.807, 2.05) is 6.92 Å². The zero-order valence-corrected chi connectivity index (χ0v) is 9.92. The summed E-state index contributed by atoms with van der Waals surface area (Å²) in [5.74, 6) is -0.252. The van der Waals surface area contributed by atoms with Crippen LogP contribution in [0.25, 0.3) is 0 Å². The molecule has 0 saturated heterocycles. The van der Waals surface area contributed by atoms with Crippen molar-refractivity contribution in [3.05, 3.63) is 24.3 Å². The average molecular weight is 244 g/mol. The number of hydrogen-bond donors (Lipinski definition) is 3. The van der Waals surface area contributed by atoms with Gasteiger partial charge in [-0.2, -0.15) is 0 Å². The van der Waals surface area contributed by atoms with Crippen molar-refractivity contribution in [3.63, 3.8) is 0 Å². The summed E-state index contributed by atoms with van der Waals surface area (Å²) < 4.78 is 23.3. The maximum atomic E-state index is 11.7. The van der Waals surface area contributed by atoms with Gasteiger partial charge < -0.3 is 10.5 Å². The number of nitrogens with one attached hydrogen (secondary N) is 2. The second-order valence-corrected chi connectivity index (χ2v) is 5.33. The molecule has 0 aromatic heterocycles. The highest BCUT2D eigenvalue weighted by Gasteiger charge is 2.13. The van der Waals surface area contributed by atoms with E-state index in [4.69, 9.17) is 5.11 Å². The number of benzene rings is 1. The summed E-state index contributed by atoms with van der Waals surface area (Å²) in [6.45, 7) is 2.29. The summed E-state index contributed by atoms with van der Waals surface area (Å²) in [5.41, 5.74) is 6.43. The van der Waals surface area contributed by atoms with Crippen LogP contribution in [0.3, 0.4) is 0 Å². The van der Waals surface area contributed by atoms with Gasteiger partial charge in [0, 0.05) is 6.54 Å². The van der Waals surface area contributed by atoms with Gasteiger partial charge in [-0.25, -0.2) is 13.8 Å². The van der Waals surface area contributed by atoms with Crippen molar-refractivity contribution in [2.75, 3.05) is 24.3 Å². The van der Waals surface area contributed by atoms with Gasteiger partial charge in [0.25, 0.3) is 0 Å². The molecule has 0 radical (unpaired) electrons. The Balaban J connectivity index is 2.89.